The van der Waals surface area contributed by atoms with Crippen molar-refractivity contribution in [1.29, 1.82) is 0 Å². The number of anilines is 1. The molecule has 5 rings (SSSR count). The summed E-state index contributed by atoms with van der Waals surface area (Å²) in [6.07, 6.45) is 3.33. The van der Waals surface area contributed by atoms with E-state index in [1.807, 2.05) is 48.5 Å². The fourth-order valence-electron chi connectivity index (χ4n) is 6.18. The summed E-state index contributed by atoms with van der Waals surface area (Å²) in [7, 11) is 0. The van der Waals surface area contributed by atoms with Gasteiger partial charge in [-0.1, -0.05) is 45.0 Å². The third-order valence-corrected chi connectivity index (χ3v) is 7.00. The van der Waals surface area contributed by atoms with E-state index in [0.29, 0.717) is 18.2 Å². The van der Waals surface area contributed by atoms with E-state index in [9.17, 15) is 9.59 Å². The van der Waals surface area contributed by atoms with Crippen molar-refractivity contribution in [2.45, 2.75) is 52.6 Å². The van der Waals surface area contributed by atoms with Crippen molar-refractivity contribution >= 4 is 17.5 Å². The van der Waals surface area contributed by atoms with Crippen molar-refractivity contribution in [2.24, 2.45) is 10.8 Å². The Morgan fingerprint density at radius 2 is 1.90 bits per heavy atom. The van der Waals surface area contributed by atoms with Crippen molar-refractivity contribution in [3.05, 3.63) is 59.7 Å². The molecule has 5 nitrogen and oxygen atoms in total. The number of benzene rings is 2. The Bertz CT molecular complexity index is 1050. The summed E-state index contributed by atoms with van der Waals surface area (Å²) in [5.74, 6) is 0.760. The quantitative estimate of drug-likeness (QED) is 0.729. The average molecular weight is 419 g/mol. The van der Waals surface area contributed by atoms with Crippen LogP contribution in [-0.2, 0) is 11.3 Å². The highest BCUT2D eigenvalue weighted by atomic mass is 16.5. The molecule has 2 aromatic rings. The van der Waals surface area contributed by atoms with Gasteiger partial charge in [0.2, 0.25) is 0 Å². The lowest BCUT2D eigenvalue weighted by molar-refractivity contribution is -0.121. The first kappa shape index (κ1) is 20.1. The number of ether oxygens (including phenoxy) is 1. The van der Waals surface area contributed by atoms with E-state index in [1.165, 1.54) is 6.42 Å². The zero-order chi connectivity index (χ0) is 21.8. The number of carbonyl (C=O) groups excluding carboxylic acids is 2. The molecule has 2 aromatic carbocycles. The molecule has 0 radical (unpaired) electrons. The van der Waals surface area contributed by atoms with Gasteiger partial charge in [-0.2, -0.15) is 0 Å². The minimum Gasteiger partial charge on any atom is -0.482 e. The number of nitrogens with zero attached hydrogens (tertiary/aromatic N) is 2. The van der Waals surface area contributed by atoms with Crippen LogP contribution >= 0.6 is 0 Å². The Hall–Kier alpha value is -2.82. The van der Waals surface area contributed by atoms with Crippen molar-refractivity contribution in [3.63, 3.8) is 0 Å². The molecule has 1 saturated carbocycles. The fraction of sp³-hybridized carbons (Fsp3) is 0.462. The summed E-state index contributed by atoms with van der Waals surface area (Å²) >= 11 is 0. The first-order valence-corrected chi connectivity index (χ1v) is 11.2. The molecule has 0 N–H and O–H groups in total. The van der Waals surface area contributed by atoms with Crippen LogP contribution in [0.4, 0.5) is 5.69 Å². The maximum absolute atomic E-state index is 13.5. The predicted molar refractivity (Wildman–Crippen MR) is 120 cm³/mol. The standard InChI is InChI=1S/C26H30N2O3/c1-25(2)12-20-13-26(3,16-25)17-28(20)24(30)19-8-6-7-18(11-19)14-27-21-9-4-5-10-22(21)31-15-23(27)29/h4-11,20H,12-17H2,1-3H3/t20-,26-/m0/s1. The Kier molecular flexibility index (Phi) is 4.61. The largest absolute Gasteiger partial charge is 0.482 e. The van der Waals surface area contributed by atoms with Crippen LogP contribution in [0.1, 0.15) is 56.0 Å². The molecule has 162 valence electrons. The number of likely N-dealkylation sites (tertiary alicyclic amines) is 1. The van der Waals surface area contributed by atoms with Gasteiger partial charge < -0.3 is 14.5 Å². The molecule has 0 spiro atoms. The summed E-state index contributed by atoms with van der Waals surface area (Å²) in [5.41, 5.74) is 2.92. The lowest BCUT2D eigenvalue weighted by atomic mass is 9.65. The number of rotatable bonds is 3. The second-order valence-electron chi connectivity index (χ2n) is 10.6. The molecule has 2 atom stereocenters. The van der Waals surface area contributed by atoms with E-state index in [0.717, 1.165) is 36.4 Å². The van der Waals surface area contributed by atoms with Crippen LogP contribution in [-0.4, -0.2) is 35.9 Å². The second-order valence-corrected chi connectivity index (χ2v) is 10.6. The topological polar surface area (TPSA) is 49.9 Å². The summed E-state index contributed by atoms with van der Waals surface area (Å²) in [6.45, 7) is 8.27. The first-order valence-electron chi connectivity index (χ1n) is 11.2. The molecule has 0 unspecified atom stereocenters. The van der Waals surface area contributed by atoms with Gasteiger partial charge in [-0.15, -0.1) is 0 Å². The van der Waals surface area contributed by atoms with Crippen LogP contribution in [0, 0.1) is 10.8 Å². The smallest absolute Gasteiger partial charge is 0.265 e. The van der Waals surface area contributed by atoms with Gasteiger partial charge in [0.15, 0.2) is 6.61 Å². The lowest BCUT2D eigenvalue weighted by Gasteiger charge is -2.39. The van der Waals surface area contributed by atoms with Crippen molar-refractivity contribution in [1.82, 2.24) is 4.90 Å². The minimum atomic E-state index is -0.0704. The normalized spacial score (nSPS) is 26.4. The summed E-state index contributed by atoms with van der Waals surface area (Å²) in [5, 5.41) is 0. The Morgan fingerprint density at radius 3 is 2.74 bits per heavy atom. The van der Waals surface area contributed by atoms with Crippen molar-refractivity contribution < 1.29 is 14.3 Å². The highest BCUT2D eigenvalue weighted by Gasteiger charge is 2.51. The molecule has 2 fully saturated rings. The Morgan fingerprint density at radius 1 is 1.10 bits per heavy atom. The molecule has 1 saturated heterocycles. The summed E-state index contributed by atoms with van der Waals surface area (Å²) < 4.78 is 5.55. The van der Waals surface area contributed by atoms with Crippen molar-refractivity contribution in [2.75, 3.05) is 18.1 Å². The van der Waals surface area contributed by atoms with Crippen LogP contribution in [0.15, 0.2) is 48.5 Å². The summed E-state index contributed by atoms with van der Waals surface area (Å²) in [4.78, 5) is 29.9. The molecule has 31 heavy (non-hydrogen) atoms. The fourth-order valence-corrected chi connectivity index (χ4v) is 6.18. The number of para-hydroxylation sites is 2. The van der Waals surface area contributed by atoms with Gasteiger partial charge in [0.25, 0.3) is 11.8 Å². The number of carbonyl (C=O) groups is 2. The van der Waals surface area contributed by atoms with Gasteiger partial charge in [-0.3, -0.25) is 9.59 Å². The molecule has 3 aliphatic rings. The van der Waals surface area contributed by atoms with E-state index in [1.54, 1.807) is 4.90 Å². The molecular formula is C26H30N2O3. The van der Waals surface area contributed by atoms with E-state index in [2.05, 4.69) is 25.7 Å². The second kappa shape index (κ2) is 7.11. The average Bonchev–Trinajstić information content (AvgIpc) is 2.98. The van der Waals surface area contributed by atoms with Crippen molar-refractivity contribution in [3.8, 4) is 5.75 Å². The molecule has 5 heteroatoms. The first-order chi connectivity index (χ1) is 14.7. The van der Waals surface area contributed by atoms with Gasteiger partial charge in [0.05, 0.1) is 12.2 Å². The van der Waals surface area contributed by atoms with E-state index in [4.69, 9.17) is 4.74 Å². The highest BCUT2D eigenvalue weighted by Crippen LogP contribution is 2.52. The predicted octanol–water partition coefficient (Wildman–Crippen LogP) is 4.65. The SMILES string of the molecule is CC1(C)C[C@H]2C[C@](C)(CN2C(=O)c2cccc(CN3C(=O)COc4ccccc43)c2)C1. The molecule has 0 aromatic heterocycles. The maximum atomic E-state index is 13.5. The van der Waals surface area contributed by atoms with Gasteiger partial charge in [-0.25, -0.2) is 0 Å². The van der Waals surface area contributed by atoms with Gasteiger partial charge in [-0.05, 0) is 59.9 Å². The maximum Gasteiger partial charge on any atom is 0.265 e. The zero-order valence-electron chi connectivity index (χ0n) is 18.6. The number of fused-ring (bicyclic) bond motifs is 3. The van der Waals surface area contributed by atoms with E-state index >= 15 is 0 Å². The molecular weight excluding hydrogens is 388 g/mol. The van der Waals surface area contributed by atoms with Crippen LogP contribution < -0.4 is 9.64 Å². The number of hydrogen-bond acceptors (Lipinski definition) is 3. The molecule has 2 amide bonds. The highest BCUT2D eigenvalue weighted by molar-refractivity contribution is 5.98. The third-order valence-electron chi connectivity index (χ3n) is 7.00. The molecule has 2 heterocycles. The van der Waals surface area contributed by atoms with Crippen LogP contribution in [0.25, 0.3) is 0 Å². The van der Waals surface area contributed by atoms with Gasteiger partial charge in [0.1, 0.15) is 5.75 Å². The minimum absolute atomic E-state index is 0.0411. The van der Waals surface area contributed by atoms with E-state index < -0.39 is 0 Å². The van der Waals surface area contributed by atoms with Crippen LogP contribution in [0.5, 0.6) is 5.75 Å². The molecule has 1 aliphatic carbocycles. The lowest BCUT2D eigenvalue weighted by Crippen LogP contribution is -2.38. The van der Waals surface area contributed by atoms with E-state index in [-0.39, 0.29) is 29.3 Å². The van der Waals surface area contributed by atoms with Crippen LogP contribution in [0.2, 0.25) is 0 Å². The summed E-state index contributed by atoms with van der Waals surface area (Å²) in [6, 6.07) is 15.7. The van der Waals surface area contributed by atoms with Crippen LogP contribution in [0.3, 0.4) is 0 Å². The Labute approximate surface area is 184 Å². The molecule has 2 aliphatic heterocycles. The molecule has 2 bridgehead atoms. The third kappa shape index (κ3) is 3.71. The van der Waals surface area contributed by atoms with Gasteiger partial charge in [0, 0.05) is 18.2 Å². The number of hydrogen-bond donors (Lipinski definition) is 0. The van der Waals surface area contributed by atoms with Gasteiger partial charge >= 0.3 is 0 Å². The monoisotopic (exact) mass is 418 g/mol. The number of amides is 2. The Balaban J connectivity index is 1.38. The zero-order valence-corrected chi connectivity index (χ0v) is 18.6.